The number of hydrogen-bond donors (Lipinski definition) is 1. The fourth-order valence-corrected chi connectivity index (χ4v) is 1.61. The van der Waals surface area contributed by atoms with Gasteiger partial charge in [0, 0.05) is 6.54 Å². The van der Waals surface area contributed by atoms with E-state index < -0.39 is 0 Å². The molecule has 0 saturated heterocycles. The molecule has 0 heterocycles. The van der Waals surface area contributed by atoms with E-state index in [1.54, 1.807) is 0 Å². The van der Waals surface area contributed by atoms with E-state index in [2.05, 4.69) is 0 Å². The van der Waals surface area contributed by atoms with Crippen LogP contribution in [0.5, 0.6) is 11.5 Å². The lowest BCUT2D eigenvalue weighted by molar-refractivity contribution is 0.482. The molecule has 0 aliphatic heterocycles. The standard InChI is InChI=1S/C13H12ClNO/c14-12-8-10(9-15)6-7-13(12)16-11-4-2-1-3-5-11/h1-8H,9,15H2. The highest BCUT2D eigenvalue weighted by atomic mass is 35.5. The van der Waals surface area contributed by atoms with Crippen molar-refractivity contribution in [2.24, 2.45) is 5.73 Å². The summed E-state index contributed by atoms with van der Waals surface area (Å²) in [6.07, 6.45) is 0. The fraction of sp³-hybridized carbons (Fsp3) is 0.0769. The molecule has 3 heteroatoms. The average Bonchev–Trinajstić information content (AvgIpc) is 2.33. The number of benzene rings is 2. The lowest BCUT2D eigenvalue weighted by Gasteiger charge is -2.08. The van der Waals surface area contributed by atoms with E-state index in [9.17, 15) is 0 Å². The summed E-state index contributed by atoms with van der Waals surface area (Å²) in [6.45, 7) is 0.478. The largest absolute Gasteiger partial charge is 0.456 e. The van der Waals surface area contributed by atoms with Gasteiger partial charge in [-0.2, -0.15) is 0 Å². The maximum Gasteiger partial charge on any atom is 0.146 e. The maximum absolute atomic E-state index is 6.08. The highest BCUT2D eigenvalue weighted by molar-refractivity contribution is 6.32. The van der Waals surface area contributed by atoms with Gasteiger partial charge in [0.15, 0.2) is 0 Å². The van der Waals surface area contributed by atoms with E-state index in [4.69, 9.17) is 22.1 Å². The predicted octanol–water partition coefficient (Wildman–Crippen LogP) is 3.59. The summed E-state index contributed by atoms with van der Waals surface area (Å²) in [5.74, 6) is 1.41. The monoisotopic (exact) mass is 233 g/mol. The van der Waals surface area contributed by atoms with Gasteiger partial charge < -0.3 is 10.5 Å². The molecule has 2 nitrogen and oxygen atoms in total. The van der Waals surface area contributed by atoms with Crippen molar-refractivity contribution in [1.29, 1.82) is 0 Å². The summed E-state index contributed by atoms with van der Waals surface area (Å²) in [5.41, 5.74) is 6.51. The summed E-state index contributed by atoms with van der Waals surface area (Å²) in [4.78, 5) is 0. The van der Waals surface area contributed by atoms with Crippen LogP contribution in [0.25, 0.3) is 0 Å². The Balaban J connectivity index is 2.22. The third-order valence-corrected chi connectivity index (χ3v) is 2.50. The van der Waals surface area contributed by atoms with Gasteiger partial charge in [-0.3, -0.25) is 0 Å². The van der Waals surface area contributed by atoms with Gasteiger partial charge in [0.25, 0.3) is 0 Å². The van der Waals surface area contributed by atoms with Crippen LogP contribution in [-0.4, -0.2) is 0 Å². The van der Waals surface area contributed by atoms with Crippen molar-refractivity contribution in [2.75, 3.05) is 0 Å². The van der Waals surface area contributed by atoms with Crippen LogP contribution in [0.3, 0.4) is 0 Å². The van der Waals surface area contributed by atoms with Crippen molar-refractivity contribution in [1.82, 2.24) is 0 Å². The van der Waals surface area contributed by atoms with Crippen LogP contribution in [0.1, 0.15) is 5.56 Å². The molecule has 0 saturated carbocycles. The summed E-state index contributed by atoms with van der Waals surface area (Å²) in [7, 11) is 0. The van der Waals surface area contributed by atoms with Crippen molar-refractivity contribution in [3.63, 3.8) is 0 Å². The Morgan fingerprint density at radius 1 is 1.06 bits per heavy atom. The molecular weight excluding hydrogens is 222 g/mol. The van der Waals surface area contributed by atoms with Crippen molar-refractivity contribution in [3.05, 3.63) is 59.1 Å². The van der Waals surface area contributed by atoms with Crippen LogP contribution in [0.15, 0.2) is 48.5 Å². The van der Waals surface area contributed by atoms with Gasteiger partial charge in [0.2, 0.25) is 0 Å². The van der Waals surface area contributed by atoms with Gasteiger partial charge in [-0.25, -0.2) is 0 Å². The van der Waals surface area contributed by atoms with E-state index >= 15 is 0 Å². The summed E-state index contributed by atoms with van der Waals surface area (Å²) in [5, 5.41) is 0.576. The SMILES string of the molecule is NCc1ccc(Oc2ccccc2)c(Cl)c1. The average molecular weight is 234 g/mol. The second kappa shape index (κ2) is 5.01. The van der Waals surface area contributed by atoms with Gasteiger partial charge in [-0.1, -0.05) is 35.9 Å². The summed E-state index contributed by atoms with van der Waals surface area (Å²) in [6, 6.07) is 15.1. The second-order valence-electron chi connectivity index (χ2n) is 3.38. The molecule has 2 rings (SSSR count). The van der Waals surface area contributed by atoms with Gasteiger partial charge in [0.05, 0.1) is 5.02 Å². The van der Waals surface area contributed by atoms with Crippen molar-refractivity contribution < 1.29 is 4.74 Å². The maximum atomic E-state index is 6.08. The van der Waals surface area contributed by atoms with Crippen molar-refractivity contribution in [3.8, 4) is 11.5 Å². The second-order valence-corrected chi connectivity index (χ2v) is 3.79. The Labute approximate surface area is 99.6 Å². The first-order valence-electron chi connectivity index (χ1n) is 5.01. The van der Waals surface area contributed by atoms with Crippen LogP contribution < -0.4 is 10.5 Å². The lowest BCUT2D eigenvalue weighted by Crippen LogP contribution is -1.96. The number of para-hydroxylation sites is 1. The van der Waals surface area contributed by atoms with Gasteiger partial charge >= 0.3 is 0 Å². The van der Waals surface area contributed by atoms with Crippen LogP contribution >= 0.6 is 11.6 Å². The molecule has 0 aromatic heterocycles. The molecule has 2 N–H and O–H groups in total. The number of hydrogen-bond acceptors (Lipinski definition) is 2. The van der Waals surface area contributed by atoms with Crippen molar-refractivity contribution in [2.45, 2.75) is 6.54 Å². The molecule has 82 valence electrons. The number of ether oxygens (including phenoxy) is 1. The van der Waals surface area contributed by atoms with Gasteiger partial charge in [0.1, 0.15) is 11.5 Å². The molecule has 0 radical (unpaired) electrons. The first kappa shape index (κ1) is 11.0. The number of nitrogens with two attached hydrogens (primary N) is 1. The third kappa shape index (κ3) is 2.54. The zero-order chi connectivity index (χ0) is 11.4. The smallest absolute Gasteiger partial charge is 0.146 e. The molecule has 0 unspecified atom stereocenters. The Morgan fingerprint density at radius 2 is 1.81 bits per heavy atom. The van der Waals surface area contributed by atoms with E-state index in [1.807, 2.05) is 48.5 Å². The highest BCUT2D eigenvalue weighted by Gasteiger charge is 2.03. The minimum absolute atomic E-state index is 0.478. The Morgan fingerprint density at radius 3 is 2.44 bits per heavy atom. The molecule has 0 aliphatic carbocycles. The van der Waals surface area contributed by atoms with Crippen LogP contribution in [-0.2, 0) is 6.54 Å². The number of rotatable bonds is 3. The molecular formula is C13H12ClNO. The van der Waals surface area contributed by atoms with E-state index in [-0.39, 0.29) is 0 Å². The van der Waals surface area contributed by atoms with Crippen LogP contribution in [0.2, 0.25) is 5.02 Å². The fourth-order valence-electron chi connectivity index (χ4n) is 1.37. The van der Waals surface area contributed by atoms with Crippen LogP contribution in [0.4, 0.5) is 0 Å². The molecule has 2 aromatic rings. The first-order valence-corrected chi connectivity index (χ1v) is 5.39. The zero-order valence-electron chi connectivity index (χ0n) is 8.69. The minimum Gasteiger partial charge on any atom is -0.456 e. The topological polar surface area (TPSA) is 35.2 Å². The highest BCUT2D eigenvalue weighted by Crippen LogP contribution is 2.29. The summed E-state index contributed by atoms with van der Waals surface area (Å²) >= 11 is 6.08. The Kier molecular flexibility index (Phi) is 3.44. The zero-order valence-corrected chi connectivity index (χ0v) is 9.45. The normalized spacial score (nSPS) is 10.1. The third-order valence-electron chi connectivity index (χ3n) is 2.20. The Hall–Kier alpha value is -1.51. The minimum atomic E-state index is 0.478. The molecule has 0 aliphatic rings. The lowest BCUT2D eigenvalue weighted by atomic mass is 10.2. The number of halogens is 1. The molecule has 2 aromatic carbocycles. The van der Waals surface area contributed by atoms with Crippen LogP contribution in [0, 0.1) is 0 Å². The predicted molar refractivity (Wildman–Crippen MR) is 65.9 cm³/mol. The van der Waals surface area contributed by atoms with E-state index in [0.717, 1.165) is 11.3 Å². The molecule has 0 amide bonds. The van der Waals surface area contributed by atoms with Crippen molar-refractivity contribution >= 4 is 11.6 Å². The molecule has 0 bridgehead atoms. The quantitative estimate of drug-likeness (QED) is 0.879. The first-order chi connectivity index (χ1) is 7.79. The van der Waals surface area contributed by atoms with E-state index in [1.165, 1.54) is 0 Å². The molecule has 0 atom stereocenters. The molecule has 0 spiro atoms. The van der Waals surface area contributed by atoms with Gasteiger partial charge in [-0.15, -0.1) is 0 Å². The molecule has 0 fully saturated rings. The van der Waals surface area contributed by atoms with Gasteiger partial charge in [-0.05, 0) is 29.8 Å². The summed E-state index contributed by atoms with van der Waals surface area (Å²) < 4.78 is 5.64. The van der Waals surface area contributed by atoms with E-state index in [0.29, 0.717) is 17.3 Å². The Bertz CT molecular complexity index is 471. The molecule has 16 heavy (non-hydrogen) atoms.